The second-order valence-corrected chi connectivity index (χ2v) is 5.03. The molecule has 0 aliphatic carbocycles. The van der Waals surface area contributed by atoms with E-state index in [1.165, 1.54) is 0 Å². The van der Waals surface area contributed by atoms with Crippen LogP contribution >= 0.6 is 0 Å². The van der Waals surface area contributed by atoms with Gasteiger partial charge in [0.2, 0.25) is 5.91 Å². The molecule has 0 spiro atoms. The van der Waals surface area contributed by atoms with E-state index in [0.29, 0.717) is 24.3 Å². The Balaban J connectivity index is 1.69. The summed E-state index contributed by atoms with van der Waals surface area (Å²) in [4.78, 5) is 22.5. The fourth-order valence-corrected chi connectivity index (χ4v) is 2.16. The van der Waals surface area contributed by atoms with E-state index >= 15 is 0 Å². The van der Waals surface area contributed by atoms with Crippen LogP contribution in [0.1, 0.15) is 42.7 Å². The number of carbonyl (C=O) groups is 2. The number of carbonyl (C=O) groups excluding carboxylic acids is 2. The summed E-state index contributed by atoms with van der Waals surface area (Å²) in [7, 11) is 0. The van der Waals surface area contributed by atoms with Crippen LogP contribution in [-0.2, 0) is 4.79 Å². The lowest BCUT2D eigenvalue weighted by Gasteiger charge is -2.02. The minimum Gasteiger partial charge on any atom is -0.451 e. The van der Waals surface area contributed by atoms with Crippen LogP contribution in [-0.4, -0.2) is 18.4 Å². The molecular weight excluding hydrogens is 268 g/mol. The van der Waals surface area contributed by atoms with Crippen LogP contribution in [0.25, 0.3) is 11.0 Å². The maximum atomic E-state index is 11.9. The fourth-order valence-electron chi connectivity index (χ4n) is 2.16. The first-order chi connectivity index (χ1) is 10.2. The summed E-state index contributed by atoms with van der Waals surface area (Å²) in [6.45, 7) is 0.604. The van der Waals surface area contributed by atoms with Gasteiger partial charge in [-0.05, 0) is 25.0 Å². The van der Waals surface area contributed by atoms with Crippen molar-refractivity contribution in [3.63, 3.8) is 0 Å². The summed E-state index contributed by atoms with van der Waals surface area (Å²) in [6, 6.07) is 9.28. The van der Waals surface area contributed by atoms with Gasteiger partial charge in [-0.15, -0.1) is 0 Å². The third-order valence-electron chi connectivity index (χ3n) is 3.28. The molecule has 0 radical (unpaired) electrons. The fraction of sp³-hybridized carbons (Fsp3) is 0.375. The Hall–Kier alpha value is -2.30. The van der Waals surface area contributed by atoms with Crippen molar-refractivity contribution < 1.29 is 14.0 Å². The Labute approximate surface area is 123 Å². The molecule has 112 valence electrons. The minimum absolute atomic E-state index is 0.191. The van der Waals surface area contributed by atoms with Gasteiger partial charge in [-0.25, -0.2) is 0 Å². The lowest BCUT2D eigenvalue weighted by Crippen LogP contribution is -2.23. The van der Waals surface area contributed by atoms with Gasteiger partial charge in [0.15, 0.2) is 5.76 Å². The number of hydrogen-bond acceptors (Lipinski definition) is 3. The van der Waals surface area contributed by atoms with Crippen LogP contribution in [0.4, 0.5) is 0 Å². The van der Waals surface area contributed by atoms with E-state index in [1.807, 2.05) is 24.3 Å². The number of nitrogens with one attached hydrogen (secondary N) is 1. The van der Waals surface area contributed by atoms with Crippen LogP contribution in [0, 0.1) is 0 Å². The molecule has 2 aromatic rings. The predicted molar refractivity (Wildman–Crippen MR) is 80.8 cm³/mol. The first-order valence-corrected chi connectivity index (χ1v) is 7.22. The second-order valence-electron chi connectivity index (χ2n) is 5.03. The summed E-state index contributed by atoms with van der Waals surface area (Å²) >= 11 is 0. The molecule has 0 saturated heterocycles. The second kappa shape index (κ2) is 7.47. The van der Waals surface area contributed by atoms with Crippen molar-refractivity contribution >= 4 is 22.8 Å². The summed E-state index contributed by atoms with van der Waals surface area (Å²) in [5, 5.41) is 3.76. The summed E-state index contributed by atoms with van der Waals surface area (Å²) in [5.74, 6) is -0.110. The van der Waals surface area contributed by atoms with Crippen LogP contribution in [0.2, 0.25) is 0 Å². The van der Waals surface area contributed by atoms with Crippen molar-refractivity contribution in [1.29, 1.82) is 0 Å². The average molecular weight is 288 g/mol. The van der Waals surface area contributed by atoms with Crippen LogP contribution in [0.5, 0.6) is 0 Å². The first-order valence-electron chi connectivity index (χ1n) is 7.22. The predicted octanol–water partition coefficient (Wildman–Crippen LogP) is 2.60. The van der Waals surface area contributed by atoms with E-state index in [4.69, 9.17) is 10.2 Å². The number of fused-ring (bicyclic) bond motifs is 1. The third-order valence-corrected chi connectivity index (χ3v) is 3.28. The number of furan rings is 1. The molecule has 0 aliphatic heterocycles. The largest absolute Gasteiger partial charge is 0.451 e. The van der Waals surface area contributed by atoms with Crippen molar-refractivity contribution in [3.05, 3.63) is 36.1 Å². The molecule has 3 N–H and O–H groups in total. The Bertz CT molecular complexity index is 586. The Morgan fingerprint density at radius 3 is 2.62 bits per heavy atom. The maximum absolute atomic E-state index is 11.9. The van der Waals surface area contributed by atoms with Gasteiger partial charge in [-0.1, -0.05) is 31.0 Å². The number of amides is 2. The van der Waals surface area contributed by atoms with Crippen LogP contribution in [0.15, 0.2) is 34.7 Å². The highest BCUT2D eigenvalue weighted by molar-refractivity contribution is 5.95. The highest BCUT2D eigenvalue weighted by atomic mass is 16.3. The van der Waals surface area contributed by atoms with Crippen molar-refractivity contribution in [3.8, 4) is 0 Å². The molecule has 0 atom stereocenters. The highest BCUT2D eigenvalue weighted by Gasteiger charge is 2.10. The molecule has 1 heterocycles. The summed E-state index contributed by atoms with van der Waals surface area (Å²) < 4.78 is 5.49. The summed E-state index contributed by atoms with van der Waals surface area (Å²) in [5.41, 5.74) is 5.78. The number of rotatable bonds is 8. The number of primary amides is 1. The van der Waals surface area contributed by atoms with Gasteiger partial charge in [-0.2, -0.15) is 0 Å². The molecule has 2 rings (SSSR count). The molecular formula is C16H20N2O3. The van der Waals surface area contributed by atoms with Crippen molar-refractivity contribution in [2.24, 2.45) is 5.73 Å². The standard InChI is InChI=1S/C16H20N2O3/c17-15(19)9-3-1-2-6-10-18-16(20)14-11-12-7-4-5-8-13(12)21-14/h4-5,7-8,11H,1-3,6,9-10H2,(H2,17,19)(H,18,20). The molecule has 5 nitrogen and oxygen atoms in total. The molecule has 0 saturated carbocycles. The third kappa shape index (κ3) is 4.63. The number of hydrogen-bond donors (Lipinski definition) is 2. The quantitative estimate of drug-likeness (QED) is 0.732. The molecule has 0 unspecified atom stereocenters. The lowest BCUT2D eigenvalue weighted by molar-refractivity contribution is -0.118. The molecule has 1 aromatic heterocycles. The lowest BCUT2D eigenvalue weighted by atomic mass is 10.1. The number of benzene rings is 1. The molecule has 21 heavy (non-hydrogen) atoms. The van der Waals surface area contributed by atoms with Gasteiger partial charge in [0.25, 0.3) is 5.91 Å². The van der Waals surface area contributed by atoms with E-state index in [-0.39, 0.29) is 11.8 Å². The zero-order valence-electron chi connectivity index (χ0n) is 11.9. The number of para-hydroxylation sites is 1. The smallest absolute Gasteiger partial charge is 0.287 e. The van der Waals surface area contributed by atoms with Crippen LogP contribution < -0.4 is 11.1 Å². The van der Waals surface area contributed by atoms with Gasteiger partial charge in [0.1, 0.15) is 5.58 Å². The van der Waals surface area contributed by atoms with E-state index in [1.54, 1.807) is 6.07 Å². The molecule has 5 heteroatoms. The zero-order chi connectivity index (χ0) is 15.1. The normalized spacial score (nSPS) is 10.7. The topological polar surface area (TPSA) is 85.3 Å². The molecule has 0 fully saturated rings. The molecule has 0 aliphatic rings. The SMILES string of the molecule is NC(=O)CCCCCCNC(=O)c1cc2ccccc2o1. The van der Waals surface area contributed by atoms with Crippen molar-refractivity contribution in [2.45, 2.75) is 32.1 Å². The van der Waals surface area contributed by atoms with Gasteiger partial charge >= 0.3 is 0 Å². The summed E-state index contributed by atoms with van der Waals surface area (Å²) in [6.07, 6.45) is 4.04. The number of nitrogens with two attached hydrogens (primary N) is 1. The number of unbranched alkanes of at least 4 members (excludes halogenated alkanes) is 3. The van der Waals surface area contributed by atoms with E-state index in [2.05, 4.69) is 5.32 Å². The van der Waals surface area contributed by atoms with Gasteiger partial charge in [0, 0.05) is 18.4 Å². The van der Waals surface area contributed by atoms with E-state index in [0.717, 1.165) is 31.1 Å². The van der Waals surface area contributed by atoms with Gasteiger partial charge in [-0.3, -0.25) is 9.59 Å². The van der Waals surface area contributed by atoms with Gasteiger partial charge < -0.3 is 15.5 Å². The Morgan fingerprint density at radius 1 is 1.10 bits per heavy atom. The zero-order valence-corrected chi connectivity index (χ0v) is 11.9. The highest BCUT2D eigenvalue weighted by Crippen LogP contribution is 2.18. The monoisotopic (exact) mass is 288 g/mol. The molecule has 2 amide bonds. The van der Waals surface area contributed by atoms with Gasteiger partial charge in [0.05, 0.1) is 0 Å². The minimum atomic E-state index is -0.256. The van der Waals surface area contributed by atoms with E-state index in [9.17, 15) is 9.59 Å². The van der Waals surface area contributed by atoms with Crippen LogP contribution in [0.3, 0.4) is 0 Å². The van der Waals surface area contributed by atoms with E-state index < -0.39 is 0 Å². The van der Waals surface area contributed by atoms with Crippen molar-refractivity contribution in [2.75, 3.05) is 6.54 Å². The van der Waals surface area contributed by atoms with Crippen molar-refractivity contribution in [1.82, 2.24) is 5.32 Å². The molecule has 1 aromatic carbocycles. The Morgan fingerprint density at radius 2 is 1.86 bits per heavy atom. The average Bonchev–Trinajstić information content (AvgIpc) is 2.89. The maximum Gasteiger partial charge on any atom is 0.287 e. The molecule has 0 bridgehead atoms. The first kappa shape index (κ1) is 15.1. The Kier molecular flexibility index (Phi) is 5.37.